The van der Waals surface area contributed by atoms with E-state index >= 15 is 0 Å². The van der Waals surface area contributed by atoms with Crippen LogP contribution in [0.5, 0.6) is 0 Å². The van der Waals surface area contributed by atoms with Gasteiger partial charge in [-0.25, -0.2) is 0 Å². The largest absolute Gasteiger partial charge is 0.302 e. The van der Waals surface area contributed by atoms with Gasteiger partial charge in [0.2, 0.25) is 0 Å². The number of nitriles is 1. The van der Waals surface area contributed by atoms with Gasteiger partial charge in [0.1, 0.15) is 0 Å². The molecule has 0 amide bonds. The molecule has 1 rings (SSSR count). The number of nitrogens with one attached hydrogen (secondary N) is 1. The lowest BCUT2D eigenvalue weighted by Gasteiger charge is -2.10. The monoisotopic (exact) mass is 208 g/mol. The lowest BCUT2D eigenvalue weighted by molar-refractivity contribution is 0.507. The molecule has 1 aliphatic carbocycles. The highest BCUT2D eigenvalue weighted by atomic mass is 14.9. The van der Waals surface area contributed by atoms with Crippen molar-refractivity contribution in [1.29, 1.82) is 5.26 Å². The lowest BCUT2D eigenvalue weighted by atomic mass is 10.1. The molecule has 0 aromatic heterocycles. The van der Waals surface area contributed by atoms with Gasteiger partial charge in [0.15, 0.2) is 0 Å². The quantitative estimate of drug-likeness (QED) is 0.590. The topological polar surface area (TPSA) is 35.8 Å². The second-order valence-electron chi connectivity index (χ2n) is 4.74. The maximum atomic E-state index is 8.95. The summed E-state index contributed by atoms with van der Waals surface area (Å²) in [7, 11) is 0. The molecule has 1 fully saturated rings. The van der Waals surface area contributed by atoms with Crippen molar-refractivity contribution in [1.82, 2.24) is 5.32 Å². The Balaban J connectivity index is 1.93. The van der Waals surface area contributed by atoms with Crippen LogP contribution in [-0.2, 0) is 0 Å². The van der Waals surface area contributed by atoms with Crippen molar-refractivity contribution in [3.63, 3.8) is 0 Å². The van der Waals surface area contributed by atoms with E-state index in [1.807, 2.05) is 0 Å². The number of hydrogen-bond acceptors (Lipinski definition) is 2. The van der Waals surface area contributed by atoms with Crippen LogP contribution in [0.3, 0.4) is 0 Å². The van der Waals surface area contributed by atoms with Crippen molar-refractivity contribution in [2.24, 2.45) is 5.92 Å². The molecule has 0 spiro atoms. The van der Waals surface area contributed by atoms with E-state index in [0.717, 1.165) is 18.9 Å². The Hall–Kier alpha value is -0.550. The van der Waals surface area contributed by atoms with Crippen LogP contribution in [0, 0.1) is 17.2 Å². The number of rotatable bonds is 9. The maximum Gasteiger partial charge on any atom is 0.0953 e. The first-order chi connectivity index (χ1) is 7.36. The molecule has 1 N–H and O–H groups in total. The van der Waals surface area contributed by atoms with Gasteiger partial charge in [0, 0.05) is 0 Å². The zero-order valence-electron chi connectivity index (χ0n) is 9.97. The fourth-order valence-electron chi connectivity index (χ4n) is 1.80. The third kappa shape index (κ3) is 6.52. The van der Waals surface area contributed by atoms with Crippen molar-refractivity contribution in [2.45, 2.75) is 64.3 Å². The average Bonchev–Trinajstić information content (AvgIpc) is 3.06. The van der Waals surface area contributed by atoms with E-state index in [2.05, 4.69) is 18.3 Å². The molecule has 0 radical (unpaired) electrons. The van der Waals surface area contributed by atoms with Gasteiger partial charge in [-0.3, -0.25) is 0 Å². The van der Waals surface area contributed by atoms with Crippen molar-refractivity contribution in [3.8, 4) is 6.07 Å². The minimum absolute atomic E-state index is 0.104. The Morgan fingerprint density at radius 1 is 1.27 bits per heavy atom. The first kappa shape index (κ1) is 12.5. The Bertz CT molecular complexity index is 191. The van der Waals surface area contributed by atoms with Gasteiger partial charge in [0.25, 0.3) is 0 Å². The minimum Gasteiger partial charge on any atom is -0.302 e. The van der Waals surface area contributed by atoms with E-state index in [9.17, 15) is 0 Å². The fraction of sp³-hybridized carbons (Fsp3) is 0.923. The number of unbranched alkanes of at least 4 members (excludes halogenated alkanes) is 4. The van der Waals surface area contributed by atoms with Crippen LogP contribution >= 0.6 is 0 Å². The molecule has 2 nitrogen and oxygen atoms in total. The van der Waals surface area contributed by atoms with Crippen LogP contribution in [0.1, 0.15) is 58.3 Å². The molecule has 0 heterocycles. The van der Waals surface area contributed by atoms with Gasteiger partial charge >= 0.3 is 0 Å². The van der Waals surface area contributed by atoms with E-state index in [0.29, 0.717) is 0 Å². The maximum absolute atomic E-state index is 8.95. The molecule has 0 aromatic carbocycles. The Morgan fingerprint density at radius 2 is 2.00 bits per heavy atom. The summed E-state index contributed by atoms with van der Waals surface area (Å²) >= 11 is 0. The summed E-state index contributed by atoms with van der Waals surface area (Å²) in [5, 5.41) is 12.3. The van der Waals surface area contributed by atoms with Gasteiger partial charge in [-0.15, -0.1) is 0 Å². The predicted octanol–water partition coefficient (Wildman–Crippen LogP) is 3.24. The van der Waals surface area contributed by atoms with E-state index in [-0.39, 0.29) is 6.04 Å². The van der Waals surface area contributed by atoms with Crippen LogP contribution in [-0.4, -0.2) is 12.6 Å². The molecule has 0 aliphatic heterocycles. The lowest BCUT2D eigenvalue weighted by Crippen LogP contribution is -2.29. The van der Waals surface area contributed by atoms with Crippen molar-refractivity contribution in [2.75, 3.05) is 6.54 Å². The number of nitrogens with zero attached hydrogens (tertiary/aromatic N) is 1. The molecule has 1 aliphatic rings. The van der Waals surface area contributed by atoms with Gasteiger partial charge < -0.3 is 5.32 Å². The van der Waals surface area contributed by atoms with Crippen molar-refractivity contribution in [3.05, 3.63) is 0 Å². The summed E-state index contributed by atoms with van der Waals surface area (Å²) in [6.45, 7) is 3.29. The average molecular weight is 208 g/mol. The zero-order valence-corrected chi connectivity index (χ0v) is 9.97. The van der Waals surface area contributed by atoms with Gasteiger partial charge in [0.05, 0.1) is 12.1 Å². The molecule has 1 atom stereocenters. The minimum atomic E-state index is 0.104. The summed E-state index contributed by atoms with van der Waals surface area (Å²) in [6, 6.07) is 2.47. The molecule has 15 heavy (non-hydrogen) atoms. The van der Waals surface area contributed by atoms with Crippen molar-refractivity contribution < 1.29 is 0 Å². The molecule has 0 saturated heterocycles. The summed E-state index contributed by atoms with van der Waals surface area (Å²) < 4.78 is 0. The zero-order chi connectivity index (χ0) is 10.9. The second kappa shape index (κ2) is 7.70. The fourth-order valence-corrected chi connectivity index (χ4v) is 1.80. The standard InChI is InChI=1S/C13H24N2/c1-2-3-4-5-6-7-13(10-14)15-11-12-8-9-12/h12-13,15H,2-9,11H2,1H3. The first-order valence-corrected chi connectivity index (χ1v) is 6.49. The highest BCUT2D eigenvalue weighted by Gasteiger charge is 2.21. The second-order valence-corrected chi connectivity index (χ2v) is 4.74. The molecule has 0 bridgehead atoms. The highest BCUT2D eigenvalue weighted by Crippen LogP contribution is 2.27. The summed E-state index contributed by atoms with van der Waals surface area (Å²) in [6.07, 6.45) is 10.2. The molecule has 1 saturated carbocycles. The predicted molar refractivity (Wildman–Crippen MR) is 63.5 cm³/mol. The van der Waals surface area contributed by atoms with Gasteiger partial charge in [-0.05, 0) is 31.7 Å². The molecule has 86 valence electrons. The third-order valence-electron chi connectivity index (χ3n) is 3.10. The first-order valence-electron chi connectivity index (χ1n) is 6.49. The van der Waals surface area contributed by atoms with Crippen LogP contribution in [0.25, 0.3) is 0 Å². The summed E-state index contributed by atoms with van der Waals surface area (Å²) in [5.41, 5.74) is 0. The van der Waals surface area contributed by atoms with E-state index in [1.165, 1.54) is 44.9 Å². The molecule has 0 aromatic rings. The van der Waals surface area contributed by atoms with E-state index in [1.54, 1.807) is 0 Å². The van der Waals surface area contributed by atoms with Gasteiger partial charge in [-0.1, -0.05) is 39.0 Å². The van der Waals surface area contributed by atoms with Gasteiger partial charge in [-0.2, -0.15) is 5.26 Å². The smallest absolute Gasteiger partial charge is 0.0953 e. The van der Waals surface area contributed by atoms with E-state index in [4.69, 9.17) is 5.26 Å². The number of hydrogen-bond donors (Lipinski definition) is 1. The summed E-state index contributed by atoms with van der Waals surface area (Å²) in [5.74, 6) is 0.876. The SMILES string of the molecule is CCCCCCCC(C#N)NCC1CC1. The van der Waals surface area contributed by atoms with Crippen LogP contribution in [0.4, 0.5) is 0 Å². The molecule has 1 unspecified atom stereocenters. The molecular formula is C13H24N2. The summed E-state index contributed by atoms with van der Waals surface area (Å²) in [4.78, 5) is 0. The Kier molecular flexibility index (Phi) is 6.43. The third-order valence-corrected chi connectivity index (χ3v) is 3.10. The van der Waals surface area contributed by atoms with Crippen LogP contribution < -0.4 is 5.32 Å². The molecule has 2 heteroatoms. The highest BCUT2D eigenvalue weighted by molar-refractivity contribution is 4.91. The molecular weight excluding hydrogens is 184 g/mol. The van der Waals surface area contributed by atoms with Crippen molar-refractivity contribution >= 4 is 0 Å². The van der Waals surface area contributed by atoms with E-state index < -0.39 is 0 Å². The van der Waals surface area contributed by atoms with Crippen LogP contribution in [0.15, 0.2) is 0 Å². The normalized spacial score (nSPS) is 17.3. The van der Waals surface area contributed by atoms with Crippen LogP contribution in [0.2, 0.25) is 0 Å². The Morgan fingerprint density at radius 3 is 2.60 bits per heavy atom. The Labute approximate surface area is 94.1 Å².